The smallest absolute Gasteiger partial charge is 0.256 e. The summed E-state index contributed by atoms with van der Waals surface area (Å²) in [6.45, 7) is 2.00. The SMILES string of the molecule is Cc1ccc(Oc2ccc(NC(=O)c3csc(S(N)(=O)=O)c3)cc2)cc1. The number of hydrogen-bond acceptors (Lipinski definition) is 5. The van der Waals surface area contributed by atoms with E-state index in [4.69, 9.17) is 9.88 Å². The Labute approximate surface area is 155 Å². The number of benzene rings is 2. The van der Waals surface area contributed by atoms with E-state index in [2.05, 4.69) is 5.32 Å². The molecule has 134 valence electrons. The standard InChI is InChI=1S/C18H16N2O4S2/c1-12-2-6-15(7-3-12)24-16-8-4-14(5-9-16)20-18(21)13-10-17(25-11-13)26(19,22)23/h2-11H,1H3,(H,20,21)(H2,19,22,23). The van der Waals surface area contributed by atoms with Gasteiger partial charge in [0.25, 0.3) is 5.91 Å². The van der Waals surface area contributed by atoms with Crippen molar-refractivity contribution in [3.63, 3.8) is 0 Å². The number of primary sulfonamides is 1. The van der Waals surface area contributed by atoms with Crippen LogP contribution in [-0.2, 0) is 10.0 Å². The predicted molar refractivity (Wildman–Crippen MR) is 101 cm³/mol. The molecule has 0 saturated heterocycles. The van der Waals surface area contributed by atoms with Crippen molar-refractivity contribution >= 4 is 33.0 Å². The van der Waals surface area contributed by atoms with Crippen LogP contribution in [0.25, 0.3) is 0 Å². The number of anilines is 1. The fourth-order valence-corrected chi connectivity index (χ4v) is 3.72. The van der Waals surface area contributed by atoms with E-state index in [9.17, 15) is 13.2 Å². The molecule has 1 amide bonds. The van der Waals surface area contributed by atoms with Crippen LogP contribution >= 0.6 is 11.3 Å². The van der Waals surface area contributed by atoms with Crippen molar-refractivity contribution in [2.75, 3.05) is 5.32 Å². The van der Waals surface area contributed by atoms with Gasteiger partial charge in [0.2, 0.25) is 10.0 Å². The molecule has 0 fully saturated rings. The Morgan fingerprint density at radius 2 is 1.62 bits per heavy atom. The van der Waals surface area contributed by atoms with Gasteiger partial charge in [-0.25, -0.2) is 13.6 Å². The van der Waals surface area contributed by atoms with Gasteiger partial charge in [-0.15, -0.1) is 11.3 Å². The van der Waals surface area contributed by atoms with Gasteiger partial charge in [0.05, 0.1) is 5.56 Å². The molecule has 1 heterocycles. The minimum Gasteiger partial charge on any atom is -0.457 e. The lowest BCUT2D eigenvalue weighted by Crippen LogP contribution is -2.12. The van der Waals surface area contributed by atoms with Gasteiger partial charge in [-0.1, -0.05) is 17.7 Å². The van der Waals surface area contributed by atoms with Crippen molar-refractivity contribution in [1.29, 1.82) is 0 Å². The summed E-state index contributed by atoms with van der Waals surface area (Å²) in [5, 5.41) is 9.19. The van der Waals surface area contributed by atoms with Gasteiger partial charge in [-0.2, -0.15) is 0 Å². The first-order valence-corrected chi connectivity index (χ1v) is 10.0. The Balaban J connectivity index is 1.66. The van der Waals surface area contributed by atoms with Crippen LogP contribution in [0.4, 0.5) is 5.69 Å². The first kappa shape index (κ1) is 18.1. The lowest BCUT2D eigenvalue weighted by Gasteiger charge is -2.08. The second-order valence-corrected chi connectivity index (χ2v) is 8.29. The number of nitrogens with one attached hydrogen (secondary N) is 1. The number of thiophene rings is 1. The number of sulfonamides is 1. The van der Waals surface area contributed by atoms with E-state index in [1.54, 1.807) is 24.3 Å². The van der Waals surface area contributed by atoms with Gasteiger partial charge in [0, 0.05) is 11.1 Å². The van der Waals surface area contributed by atoms with Gasteiger partial charge in [-0.05, 0) is 49.4 Å². The van der Waals surface area contributed by atoms with E-state index in [0.29, 0.717) is 11.4 Å². The highest BCUT2D eigenvalue weighted by Gasteiger charge is 2.15. The van der Waals surface area contributed by atoms with Crippen LogP contribution in [0.15, 0.2) is 64.2 Å². The van der Waals surface area contributed by atoms with E-state index < -0.39 is 15.9 Å². The molecule has 1 aromatic heterocycles. The second kappa shape index (κ2) is 7.28. The third-order valence-corrected chi connectivity index (χ3v) is 5.87. The summed E-state index contributed by atoms with van der Waals surface area (Å²) in [5.74, 6) is 0.948. The largest absolute Gasteiger partial charge is 0.457 e. The van der Waals surface area contributed by atoms with Gasteiger partial charge >= 0.3 is 0 Å². The molecule has 3 aromatic rings. The third-order valence-electron chi connectivity index (χ3n) is 3.49. The molecule has 0 radical (unpaired) electrons. The molecule has 0 spiro atoms. The van der Waals surface area contributed by atoms with Crippen LogP contribution < -0.4 is 15.2 Å². The van der Waals surface area contributed by atoms with Crippen molar-refractivity contribution in [3.8, 4) is 11.5 Å². The number of carbonyl (C=O) groups excluding carboxylic acids is 1. The van der Waals surface area contributed by atoms with Crippen molar-refractivity contribution in [3.05, 3.63) is 71.1 Å². The Kier molecular flexibility index (Phi) is 5.08. The first-order valence-electron chi connectivity index (χ1n) is 7.58. The molecule has 6 nitrogen and oxygen atoms in total. The molecular formula is C18H16N2O4S2. The second-order valence-electron chi connectivity index (χ2n) is 5.59. The van der Waals surface area contributed by atoms with E-state index in [1.165, 1.54) is 11.4 Å². The molecule has 0 atom stereocenters. The van der Waals surface area contributed by atoms with Crippen LogP contribution in [0.3, 0.4) is 0 Å². The van der Waals surface area contributed by atoms with Gasteiger partial charge in [0.1, 0.15) is 15.7 Å². The molecule has 3 N–H and O–H groups in total. The number of amides is 1. The maximum absolute atomic E-state index is 12.2. The summed E-state index contributed by atoms with van der Waals surface area (Å²) in [6, 6.07) is 15.8. The summed E-state index contributed by atoms with van der Waals surface area (Å²) in [6.07, 6.45) is 0. The van der Waals surface area contributed by atoms with Gasteiger partial charge < -0.3 is 10.1 Å². The fraction of sp³-hybridized carbons (Fsp3) is 0.0556. The van der Waals surface area contributed by atoms with E-state index in [1.807, 2.05) is 31.2 Å². The molecule has 0 unspecified atom stereocenters. The molecule has 26 heavy (non-hydrogen) atoms. The summed E-state index contributed by atoms with van der Waals surface area (Å²) < 4.78 is 28.2. The maximum atomic E-state index is 12.2. The highest BCUT2D eigenvalue weighted by atomic mass is 32.2. The van der Waals surface area contributed by atoms with Crippen LogP contribution in [0.5, 0.6) is 11.5 Å². The zero-order valence-electron chi connectivity index (χ0n) is 13.8. The van der Waals surface area contributed by atoms with Crippen molar-refractivity contribution in [2.45, 2.75) is 11.1 Å². The molecule has 8 heteroatoms. The molecule has 3 rings (SSSR count). The highest BCUT2D eigenvalue weighted by Crippen LogP contribution is 2.24. The third kappa shape index (κ3) is 4.48. The van der Waals surface area contributed by atoms with E-state index in [-0.39, 0.29) is 9.77 Å². The van der Waals surface area contributed by atoms with Crippen LogP contribution in [-0.4, -0.2) is 14.3 Å². The number of ether oxygens (including phenoxy) is 1. The molecule has 0 aliphatic carbocycles. The van der Waals surface area contributed by atoms with Gasteiger partial charge in [-0.3, -0.25) is 4.79 Å². The zero-order chi connectivity index (χ0) is 18.7. The van der Waals surface area contributed by atoms with Crippen LogP contribution in [0.1, 0.15) is 15.9 Å². The summed E-state index contributed by atoms with van der Waals surface area (Å²) in [4.78, 5) is 12.2. The number of nitrogens with two attached hydrogens (primary N) is 1. The number of aryl methyl sites for hydroxylation is 1. The van der Waals surface area contributed by atoms with Crippen LogP contribution in [0, 0.1) is 6.92 Å². The number of rotatable bonds is 5. The maximum Gasteiger partial charge on any atom is 0.256 e. The zero-order valence-corrected chi connectivity index (χ0v) is 15.4. The summed E-state index contributed by atoms with van der Waals surface area (Å²) in [7, 11) is -3.80. The van der Waals surface area contributed by atoms with Crippen molar-refractivity contribution < 1.29 is 17.9 Å². The average molecular weight is 388 g/mol. The molecular weight excluding hydrogens is 372 g/mol. The highest BCUT2D eigenvalue weighted by molar-refractivity contribution is 7.91. The average Bonchev–Trinajstić information content (AvgIpc) is 3.09. The number of hydrogen-bond donors (Lipinski definition) is 2. The molecule has 0 saturated carbocycles. The topological polar surface area (TPSA) is 98.5 Å². The van der Waals surface area contributed by atoms with Crippen molar-refractivity contribution in [2.24, 2.45) is 5.14 Å². The normalized spacial score (nSPS) is 11.2. The van der Waals surface area contributed by atoms with Gasteiger partial charge in [0.15, 0.2) is 0 Å². The summed E-state index contributed by atoms with van der Waals surface area (Å²) >= 11 is 0.906. The molecule has 0 aliphatic rings. The monoisotopic (exact) mass is 388 g/mol. The Morgan fingerprint density at radius 1 is 1.04 bits per heavy atom. The molecule has 2 aromatic carbocycles. The minimum atomic E-state index is -3.80. The van der Waals surface area contributed by atoms with E-state index >= 15 is 0 Å². The Morgan fingerprint density at radius 3 is 2.15 bits per heavy atom. The summed E-state index contributed by atoms with van der Waals surface area (Å²) in [5.41, 5.74) is 1.95. The quantitative estimate of drug-likeness (QED) is 0.695. The number of carbonyl (C=O) groups is 1. The lowest BCUT2D eigenvalue weighted by molar-refractivity contribution is 0.102. The lowest BCUT2D eigenvalue weighted by atomic mass is 10.2. The fourth-order valence-electron chi connectivity index (χ4n) is 2.14. The Bertz CT molecular complexity index is 1020. The first-order chi connectivity index (χ1) is 12.3. The Hall–Kier alpha value is -2.68. The van der Waals surface area contributed by atoms with E-state index in [0.717, 1.165) is 22.6 Å². The molecule has 0 bridgehead atoms. The predicted octanol–water partition coefficient (Wildman–Crippen LogP) is 3.75. The van der Waals surface area contributed by atoms with Crippen molar-refractivity contribution in [1.82, 2.24) is 0 Å². The van der Waals surface area contributed by atoms with Crippen LogP contribution in [0.2, 0.25) is 0 Å². The minimum absolute atomic E-state index is 0.0514. The molecule has 0 aliphatic heterocycles.